The van der Waals surface area contributed by atoms with Gasteiger partial charge in [-0.1, -0.05) is 0 Å². The molecule has 7 nitrogen and oxygen atoms in total. The van der Waals surface area contributed by atoms with Crippen molar-refractivity contribution in [3.8, 4) is 0 Å². The summed E-state index contributed by atoms with van der Waals surface area (Å²) in [6, 6.07) is 7.95. The van der Waals surface area contributed by atoms with Crippen LogP contribution in [-0.4, -0.2) is 63.5 Å². The van der Waals surface area contributed by atoms with Crippen molar-refractivity contribution in [2.45, 2.75) is 43.8 Å². The van der Waals surface area contributed by atoms with Crippen LogP contribution in [0.1, 0.15) is 20.8 Å². The first-order valence-electron chi connectivity index (χ1n) is 8.32. The second kappa shape index (κ2) is 11.2. The summed E-state index contributed by atoms with van der Waals surface area (Å²) in [6.07, 6.45) is -0.688. The Kier molecular flexibility index (Phi) is 9.69. The van der Waals surface area contributed by atoms with Crippen LogP contribution in [0.5, 0.6) is 0 Å². The van der Waals surface area contributed by atoms with Gasteiger partial charge in [0.05, 0.1) is 0 Å². The third kappa shape index (κ3) is 9.17. The summed E-state index contributed by atoms with van der Waals surface area (Å²) in [7, 11) is 1.24. The van der Waals surface area contributed by atoms with Crippen molar-refractivity contribution in [3.05, 3.63) is 30.3 Å². The Labute approximate surface area is 171 Å². The van der Waals surface area contributed by atoms with Crippen LogP contribution in [-0.2, 0) is 19.1 Å². The predicted molar refractivity (Wildman–Crippen MR) is 108 cm³/mol. The van der Waals surface area contributed by atoms with Gasteiger partial charge in [-0.2, -0.15) is 0 Å². The van der Waals surface area contributed by atoms with Crippen molar-refractivity contribution in [2.24, 2.45) is 0 Å². The molecule has 1 rings (SSSR count). The van der Waals surface area contributed by atoms with Gasteiger partial charge in [-0.3, -0.25) is 0 Å². The van der Waals surface area contributed by atoms with Gasteiger partial charge in [0.15, 0.2) is 0 Å². The summed E-state index contributed by atoms with van der Waals surface area (Å²) in [5, 5.41) is 5.57. The molecule has 2 atom stereocenters. The molecule has 0 spiro atoms. The molecule has 2 N–H and O–H groups in total. The normalized spacial score (nSPS) is 13.2. The molecule has 2 amide bonds. The van der Waals surface area contributed by atoms with Crippen molar-refractivity contribution in [2.75, 3.05) is 12.9 Å². The van der Waals surface area contributed by atoms with Gasteiger partial charge >= 0.3 is 171 Å². The minimum absolute atomic E-state index is 0.0555. The average molecular weight is 461 g/mol. The summed E-state index contributed by atoms with van der Waals surface area (Å²) in [4.78, 5) is 36.5. The number of nitrogens with one attached hydrogen (secondary N) is 2. The molecular formula is C18H26N2O5SSe. The van der Waals surface area contributed by atoms with Gasteiger partial charge in [0.1, 0.15) is 0 Å². The Morgan fingerprint density at radius 1 is 1.11 bits per heavy atom. The van der Waals surface area contributed by atoms with E-state index < -0.39 is 35.7 Å². The van der Waals surface area contributed by atoms with Crippen molar-refractivity contribution < 1.29 is 23.9 Å². The molecule has 0 aliphatic carbocycles. The van der Waals surface area contributed by atoms with E-state index in [1.807, 2.05) is 30.3 Å². The zero-order valence-electron chi connectivity index (χ0n) is 15.9. The first kappa shape index (κ1) is 23.3. The van der Waals surface area contributed by atoms with E-state index >= 15 is 0 Å². The van der Waals surface area contributed by atoms with E-state index in [1.165, 1.54) is 7.11 Å². The fourth-order valence-electron chi connectivity index (χ4n) is 1.92. The molecule has 0 saturated heterocycles. The fourth-order valence-corrected chi connectivity index (χ4v) is 4.14. The molecule has 0 fully saturated rings. The summed E-state index contributed by atoms with van der Waals surface area (Å²) in [5.41, 5.74) is -0.685. The van der Waals surface area contributed by atoms with E-state index in [1.54, 1.807) is 20.8 Å². The maximum absolute atomic E-state index is 12.6. The number of thiol groups is 1. The van der Waals surface area contributed by atoms with Gasteiger partial charge in [0.25, 0.3) is 0 Å². The first-order chi connectivity index (χ1) is 12.7. The summed E-state index contributed by atoms with van der Waals surface area (Å²) in [5.74, 6) is -0.993. The Hall–Kier alpha value is -1.70. The van der Waals surface area contributed by atoms with Gasteiger partial charge in [-0.05, 0) is 0 Å². The molecule has 0 aliphatic rings. The van der Waals surface area contributed by atoms with Gasteiger partial charge in [-0.25, -0.2) is 0 Å². The van der Waals surface area contributed by atoms with E-state index in [-0.39, 0.29) is 20.7 Å². The molecule has 0 aliphatic heterocycles. The van der Waals surface area contributed by atoms with Crippen LogP contribution in [0, 0.1) is 0 Å². The first-order valence-corrected chi connectivity index (χ1v) is 11.0. The van der Waals surface area contributed by atoms with Crippen LogP contribution >= 0.6 is 12.6 Å². The number of benzene rings is 1. The summed E-state index contributed by atoms with van der Waals surface area (Å²) >= 11 is 4.01. The molecule has 0 radical (unpaired) electrons. The van der Waals surface area contributed by atoms with Crippen molar-refractivity contribution >= 4 is 50.0 Å². The topological polar surface area (TPSA) is 93.7 Å². The van der Waals surface area contributed by atoms with Crippen LogP contribution in [0.25, 0.3) is 0 Å². The van der Waals surface area contributed by atoms with Crippen LogP contribution in [0.3, 0.4) is 0 Å². The molecule has 150 valence electrons. The number of carbonyl (C=O) groups excluding carboxylic acids is 3. The molecule has 1 aromatic carbocycles. The molecule has 27 heavy (non-hydrogen) atoms. The number of carbonyl (C=O) groups is 3. The van der Waals surface area contributed by atoms with Crippen molar-refractivity contribution in [1.29, 1.82) is 0 Å². The second-order valence-corrected chi connectivity index (χ2v) is 9.25. The molecule has 1 aromatic rings. The van der Waals surface area contributed by atoms with E-state index in [4.69, 9.17) is 4.74 Å². The van der Waals surface area contributed by atoms with Gasteiger partial charge in [-0.15, -0.1) is 0 Å². The van der Waals surface area contributed by atoms with Crippen LogP contribution in [0.2, 0.25) is 5.32 Å². The quantitative estimate of drug-likeness (QED) is 0.304. The molecule has 9 heteroatoms. The number of ether oxygens (including phenoxy) is 2. The Morgan fingerprint density at radius 2 is 1.74 bits per heavy atom. The molecule has 0 heterocycles. The Bertz CT molecular complexity index is 636. The van der Waals surface area contributed by atoms with Crippen molar-refractivity contribution in [1.82, 2.24) is 10.6 Å². The molecule has 0 aromatic heterocycles. The number of amides is 2. The minimum atomic E-state index is -0.891. The number of hydrogen-bond donors (Lipinski definition) is 3. The maximum atomic E-state index is 12.6. The molecule has 0 saturated carbocycles. The number of esters is 1. The van der Waals surface area contributed by atoms with E-state index in [2.05, 4.69) is 28.0 Å². The standard InChI is InChI=1S/C18H26N2O5SSe/c1-18(2,3)25-17(23)20-14(11-27-12-8-6-5-7-9-12)15(21)19-13(10-26)16(22)24-4/h5-9,13-14,26H,10-11H2,1-4H3,(H,19,21)(H,20,23)/t13-,14-/m0/s1. The van der Waals surface area contributed by atoms with E-state index in [0.29, 0.717) is 5.32 Å². The zero-order valence-corrected chi connectivity index (χ0v) is 18.5. The monoisotopic (exact) mass is 462 g/mol. The number of hydrogen-bond acceptors (Lipinski definition) is 6. The SMILES string of the molecule is COC(=O)[C@H](CS)NC(=O)[C@H](C[Se]c1ccccc1)NC(=O)OC(C)(C)C. The van der Waals surface area contributed by atoms with Crippen LogP contribution in [0.15, 0.2) is 30.3 Å². The van der Waals surface area contributed by atoms with Crippen molar-refractivity contribution in [3.63, 3.8) is 0 Å². The molecule has 0 bridgehead atoms. The van der Waals surface area contributed by atoms with Crippen LogP contribution in [0.4, 0.5) is 4.79 Å². The number of methoxy groups -OCH3 is 1. The van der Waals surface area contributed by atoms with E-state index in [0.717, 1.165) is 4.46 Å². The fraction of sp³-hybridized carbons (Fsp3) is 0.500. The number of rotatable bonds is 8. The zero-order chi connectivity index (χ0) is 20.4. The van der Waals surface area contributed by atoms with Gasteiger partial charge in [0.2, 0.25) is 0 Å². The average Bonchev–Trinajstić information content (AvgIpc) is 2.61. The Morgan fingerprint density at radius 3 is 2.26 bits per heavy atom. The third-order valence-electron chi connectivity index (χ3n) is 3.15. The van der Waals surface area contributed by atoms with E-state index in [9.17, 15) is 14.4 Å². The number of alkyl carbamates (subject to hydrolysis) is 1. The third-order valence-corrected chi connectivity index (χ3v) is 5.84. The summed E-state index contributed by atoms with van der Waals surface area (Å²) < 4.78 is 11.0. The molecular weight excluding hydrogens is 435 g/mol. The predicted octanol–water partition coefficient (Wildman–Crippen LogP) is 0.915. The Balaban J connectivity index is 2.82. The molecule has 0 unspecified atom stereocenters. The van der Waals surface area contributed by atoms with Gasteiger partial charge < -0.3 is 0 Å². The second-order valence-electron chi connectivity index (χ2n) is 6.59. The summed E-state index contributed by atoms with van der Waals surface area (Å²) in [6.45, 7) is 5.22. The van der Waals surface area contributed by atoms with Gasteiger partial charge in [0, 0.05) is 0 Å². The van der Waals surface area contributed by atoms with Crippen LogP contribution < -0.4 is 15.1 Å².